The average Bonchev–Trinajstić information content (AvgIpc) is 2.73. The van der Waals surface area contributed by atoms with Crippen molar-refractivity contribution in [3.05, 3.63) is 59.7 Å². The number of carbonyl (C=O) groups excluding carboxylic acids is 1. The predicted molar refractivity (Wildman–Crippen MR) is 131 cm³/mol. The number of carbonyl (C=O) groups is 1. The van der Waals surface area contributed by atoms with Crippen LogP contribution in [0, 0.1) is 0 Å². The Morgan fingerprint density at radius 2 is 1.72 bits per heavy atom. The van der Waals surface area contributed by atoms with Crippen LogP contribution < -0.4 is 14.4 Å². The van der Waals surface area contributed by atoms with Gasteiger partial charge in [-0.15, -0.1) is 0 Å². The molecule has 0 radical (unpaired) electrons. The maximum atomic E-state index is 12.2. The molecular weight excluding hydrogens is 424 g/mol. The van der Waals surface area contributed by atoms with Crippen LogP contribution in [0.3, 0.4) is 0 Å². The molecule has 0 saturated carbocycles. The lowest BCUT2D eigenvalue weighted by molar-refractivity contribution is -0.121. The van der Waals surface area contributed by atoms with Crippen LogP contribution in [-0.2, 0) is 26.7 Å². The second-order valence-electron chi connectivity index (χ2n) is 8.90. The monoisotopic (exact) mass is 460 g/mol. The van der Waals surface area contributed by atoms with Gasteiger partial charge in [0.05, 0.1) is 18.5 Å². The number of amides is 1. The molecule has 0 heterocycles. The number of aryl methyl sites for hydroxylation is 1. The van der Waals surface area contributed by atoms with Crippen LogP contribution in [0.4, 0.5) is 5.69 Å². The largest absolute Gasteiger partial charge is 0.491 e. The molecule has 0 fully saturated rings. The second kappa shape index (κ2) is 11.4. The molecule has 176 valence electrons. The van der Waals surface area contributed by atoms with Crippen molar-refractivity contribution in [3.8, 4) is 5.75 Å². The normalized spacial score (nSPS) is 11.8. The number of ether oxygens (including phenoxy) is 1. The van der Waals surface area contributed by atoms with Gasteiger partial charge in [-0.05, 0) is 47.6 Å². The van der Waals surface area contributed by atoms with Crippen molar-refractivity contribution < 1.29 is 17.9 Å². The first kappa shape index (κ1) is 25.7. The minimum absolute atomic E-state index is 0.0256. The lowest BCUT2D eigenvalue weighted by Gasteiger charge is -2.23. The zero-order valence-corrected chi connectivity index (χ0v) is 20.7. The van der Waals surface area contributed by atoms with Gasteiger partial charge in [0.15, 0.2) is 0 Å². The Labute approximate surface area is 193 Å². The molecule has 32 heavy (non-hydrogen) atoms. The van der Waals surface area contributed by atoms with Crippen molar-refractivity contribution in [1.82, 2.24) is 5.32 Å². The van der Waals surface area contributed by atoms with E-state index in [1.54, 1.807) is 0 Å². The summed E-state index contributed by atoms with van der Waals surface area (Å²) in [6.07, 6.45) is 2.76. The number of anilines is 1. The maximum Gasteiger partial charge on any atom is 0.232 e. The van der Waals surface area contributed by atoms with Crippen molar-refractivity contribution in [3.63, 3.8) is 0 Å². The van der Waals surface area contributed by atoms with E-state index in [1.165, 1.54) is 10.6 Å². The molecule has 2 aromatic rings. The van der Waals surface area contributed by atoms with Crippen LogP contribution >= 0.6 is 0 Å². The quantitative estimate of drug-likeness (QED) is 0.508. The Kier molecular flexibility index (Phi) is 9.13. The summed E-state index contributed by atoms with van der Waals surface area (Å²) in [6, 6.07) is 15.4. The van der Waals surface area contributed by atoms with Crippen molar-refractivity contribution in [2.45, 2.75) is 52.4 Å². The van der Waals surface area contributed by atoms with Gasteiger partial charge in [0.25, 0.3) is 0 Å². The van der Waals surface area contributed by atoms with E-state index in [4.69, 9.17) is 4.74 Å². The third-order valence-corrected chi connectivity index (χ3v) is 6.37. The van der Waals surface area contributed by atoms with Crippen LogP contribution in [0.5, 0.6) is 5.75 Å². The zero-order valence-electron chi connectivity index (χ0n) is 19.8. The molecule has 0 aliphatic carbocycles. The van der Waals surface area contributed by atoms with Gasteiger partial charge in [0.2, 0.25) is 15.9 Å². The summed E-state index contributed by atoms with van der Waals surface area (Å²) >= 11 is 0. The van der Waals surface area contributed by atoms with Crippen LogP contribution in [-0.4, -0.2) is 40.3 Å². The average molecular weight is 461 g/mol. The van der Waals surface area contributed by atoms with Gasteiger partial charge in [-0.1, -0.05) is 58.0 Å². The summed E-state index contributed by atoms with van der Waals surface area (Å²) < 4.78 is 31.7. The van der Waals surface area contributed by atoms with Crippen LogP contribution in [0.2, 0.25) is 0 Å². The summed E-state index contributed by atoms with van der Waals surface area (Å²) in [4.78, 5) is 12.2. The van der Waals surface area contributed by atoms with Crippen LogP contribution in [0.15, 0.2) is 48.5 Å². The highest BCUT2D eigenvalue weighted by molar-refractivity contribution is 7.92. The molecule has 0 aliphatic rings. The van der Waals surface area contributed by atoms with Gasteiger partial charge in [-0.3, -0.25) is 9.10 Å². The molecule has 0 spiro atoms. The molecule has 0 aliphatic heterocycles. The van der Waals surface area contributed by atoms with Crippen molar-refractivity contribution >= 4 is 21.6 Å². The highest BCUT2D eigenvalue weighted by Crippen LogP contribution is 2.30. The van der Waals surface area contributed by atoms with Gasteiger partial charge < -0.3 is 10.1 Å². The fourth-order valence-corrected chi connectivity index (χ4v) is 4.38. The fraction of sp³-hybridized carbons (Fsp3) is 0.480. The van der Waals surface area contributed by atoms with Gasteiger partial charge >= 0.3 is 0 Å². The van der Waals surface area contributed by atoms with Crippen molar-refractivity contribution in [2.75, 3.05) is 30.3 Å². The number of para-hydroxylation sites is 1. The topological polar surface area (TPSA) is 75.7 Å². The third kappa shape index (κ3) is 7.86. The fourth-order valence-electron chi connectivity index (χ4n) is 3.42. The van der Waals surface area contributed by atoms with E-state index in [0.29, 0.717) is 25.3 Å². The molecule has 0 unspecified atom stereocenters. The Hall–Kier alpha value is -2.54. The summed E-state index contributed by atoms with van der Waals surface area (Å²) in [7, 11) is -3.42. The summed E-state index contributed by atoms with van der Waals surface area (Å²) in [5, 5.41) is 2.85. The van der Waals surface area contributed by atoms with Crippen LogP contribution in [0.1, 0.15) is 51.7 Å². The maximum absolute atomic E-state index is 12.2. The highest BCUT2D eigenvalue weighted by atomic mass is 32.2. The van der Waals surface area contributed by atoms with Crippen LogP contribution in [0.25, 0.3) is 0 Å². The predicted octanol–water partition coefficient (Wildman–Crippen LogP) is 4.29. The first-order valence-electron chi connectivity index (χ1n) is 11.1. The summed E-state index contributed by atoms with van der Waals surface area (Å²) in [5.41, 5.74) is 2.87. The smallest absolute Gasteiger partial charge is 0.232 e. The van der Waals surface area contributed by atoms with E-state index >= 15 is 0 Å². The number of nitrogens with one attached hydrogen (secondary N) is 1. The first-order chi connectivity index (χ1) is 15.0. The van der Waals surface area contributed by atoms with Gasteiger partial charge in [0.1, 0.15) is 12.4 Å². The van der Waals surface area contributed by atoms with E-state index in [0.717, 1.165) is 23.3 Å². The van der Waals surface area contributed by atoms with E-state index in [1.807, 2.05) is 42.5 Å². The van der Waals surface area contributed by atoms with E-state index in [2.05, 4.69) is 39.1 Å². The summed E-state index contributed by atoms with van der Waals surface area (Å²) in [6.45, 7) is 9.48. The first-order valence-corrected chi connectivity index (χ1v) is 12.9. The van der Waals surface area contributed by atoms with E-state index in [-0.39, 0.29) is 24.3 Å². The molecule has 0 aromatic heterocycles. The minimum atomic E-state index is -3.42. The SMILES string of the molecule is CCc1ccc(N(CCCC(=O)NCCOc2ccccc2C(C)(C)C)S(C)(=O)=O)cc1. The standard InChI is InChI=1S/C25H36N2O4S/c1-6-20-13-15-21(16-14-20)27(32(5,29)30)18-9-12-24(28)26-17-19-31-23-11-8-7-10-22(23)25(2,3)4/h7-8,10-11,13-16H,6,9,12,17-19H2,1-5H3,(H,26,28). The number of benzene rings is 2. The molecule has 1 N–H and O–H groups in total. The lowest BCUT2D eigenvalue weighted by Crippen LogP contribution is -2.33. The summed E-state index contributed by atoms with van der Waals surface area (Å²) in [5.74, 6) is 0.708. The number of nitrogens with zero attached hydrogens (tertiary/aromatic N) is 1. The third-order valence-electron chi connectivity index (χ3n) is 5.17. The molecule has 1 amide bonds. The van der Waals surface area contributed by atoms with Gasteiger partial charge in [0, 0.05) is 13.0 Å². The molecule has 0 bridgehead atoms. The van der Waals surface area contributed by atoms with Gasteiger partial charge in [-0.25, -0.2) is 8.42 Å². The lowest BCUT2D eigenvalue weighted by atomic mass is 9.86. The second-order valence-corrected chi connectivity index (χ2v) is 10.8. The number of hydrogen-bond acceptors (Lipinski definition) is 4. The number of hydrogen-bond donors (Lipinski definition) is 1. The molecule has 2 aromatic carbocycles. The zero-order chi connectivity index (χ0) is 23.8. The van der Waals surface area contributed by atoms with E-state index in [9.17, 15) is 13.2 Å². The Morgan fingerprint density at radius 3 is 2.31 bits per heavy atom. The molecule has 7 heteroatoms. The molecule has 0 atom stereocenters. The van der Waals surface area contributed by atoms with Crippen molar-refractivity contribution in [1.29, 1.82) is 0 Å². The Bertz CT molecular complexity index is 980. The Balaban J connectivity index is 1.80. The minimum Gasteiger partial charge on any atom is -0.491 e. The number of sulfonamides is 1. The van der Waals surface area contributed by atoms with Gasteiger partial charge in [-0.2, -0.15) is 0 Å². The molecule has 2 rings (SSSR count). The van der Waals surface area contributed by atoms with Crippen molar-refractivity contribution in [2.24, 2.45) is 0 Å². The molecule has 6 nitrogen and oxygen atoms in total. The molecular formula is C25H36N2O4S. The van der Waals surface area contributed by atoms with E-state index < -0.39 is 10.0 Å². The highest BCUT2D eigenvalue weighted by Gasteiger charge is 2.19. The molecule has 0 saturated heterocycles. The number of rotatable bonds is 11. The Morgan fingerprint density at radius 1 is 1.06 bits per heavy atom.